The van der Waals surface area contributed by atoms with Crippen LogP contribution in [-0.2, 0) is 19.2 Å². The van der Waals surface area contributed by atoms with E-state index in [1.54, 1.807) is 36.4 Å². The van der Waals surface area contributed by atoms with Gasteiger partial charge in [0, 0.05) is 15.6 Å². The van der Waals surface area contributed by atoms with Crippen LogP contribution in [0.2, 0.25) is 0 Å². The van der Waals surface area contributed by atoms with Crippen LogP contribution < -0.4 is 15.0 Å². The second kappa shape index (κ2) is 12.7. The zero-order valence-electron chi connectivity index (χ0n) is 22.9. The summed E-state index contributed by atoms with van der Waals surface area (Å²) < 4.78 is 54.3. The lowest BCUT2D eigenvalue weighted by atomic mass is 10.1. The Morgan fingerprint density at radius 3 is 2.51 bits per heavy atom. The van der Waals surface area contributed by atoms with Gasteiger partial charge in [-0.3, -0.25) is 4.79 Å². The molecule has 5 rings (SSSR count). The molecule has 0 unspecified atom stereocenters. The predicted octanol–water partition coefficient (Wildman–Crippen LogP) is 8.04. The third kappa shape index (κ3) is 6.70. The molecular formula is C33H25BrF3N3O3. The Morgan fingerprint density at radius 1 is 1.02 bits per heavy atom. The van der Waals surface area contributed by atoms with Crippen molar-refractivity contribution in [3.05, 3.63) is 135 Å². The predicted molar refractivity (Wildman–Crippen MR) is 165 cm³/mol. The van der Waals surface area contributed by atoms with E-state index < -0.39 is 17.3 Å². The first-order chi connectivity index (χ1) is 20.7. The van der Waals surface area contributed by atoms with Gasteiger partial charge in [0.15, 0.2) is 17.3 Å². The fraction of sp³-hybridized carbons (Fsp3) is 0.121. The number of hydrogen-bond acceptors (Lipinski definition) is 5. The van der Waals surface area contributed by atoms with Gasteiger partial charge < -0.3 is 9.47 Å². The van der Waals surface area contributed by atoms with E-state index >= 15 is 0 Å². The van der Waals surface area contributed by atoms with Crippen molar-refractivity contribution in [2.75, 3.05) is 7.11 Å². The summed E-state index contributed by atoms with van der Waals surface area (Å²) >= 11 is 3.43. The van der Waals surface area contributed by atoms with Crippen molar-refractivity contribution < 1.29 is 22.6 Å². The monoisotopic (exact) mass is 647 g/mol. The quantitative estimate of drug-likeness (QED) is 0.120. The molecule has 0 spiro atoms. The smallest absolute Gasteiger partial charge is 0.416 e. The Bertz CT molecular complexity index is 1880. The van der Waals surface area contributed by atoms with Crippen molar-refractivity contribution in [3.8, 4) is 22.9 Å². The molecule has 0 saturated carbocycles. The number of aromatic nitrogens is 2. The zero-order valence-corrected chi connectivity index (χ0v) is 24.5. The van der Waals surface area contributed by atoms with Crippen molar-refractivity contribution in [2.45, 2.75) is 19.2 Å². The van der Waals surface area contributed by atoms with E-state index in [0.29, 0.717) is 35.6 Å². The minimum Gasteiger partial charge on any atom is -0.493 e. The van der Waals surface area contributed by atoms with Gasteiger partial charge in [-0.05, 0) is 66.1 Å². The molecular weight excluding hydrogens is 623 g/mol. The van der Waals surface area contributed by atoms with Crippen LogP contribution in [0.3, 0.4) is 0 Å². The average molecular weight is 648 g/mol. The topological polar surface area (TPSA) is 65.7 Å². The largest absolute Gasteiger partial charge is 0.493 e. The molecule has 0 aliphatic heterocycles. The summed E-state index contributed by atoms with van der Waals surface area (Å²) in [5.74, 6) is 0.954. The van der Waals surface area contributed by atoms with E-state index in [4.69, 9.17) is 9.47 Å². The highest BCUT2D eigenvalue weighted by molar-refractivity contribution is 9.10. The highest BCUT2D eigenvalue weighted by Crippen LogP contribution is 2.35. The number of benzene rings is 4. The lowest BCUT2D eigenvalue weighted by Gasteiger charge is -2.16. The number of ether oxygens (including phenoxy) is 2. The summed E-state index contributed by atoms with van der Waals surface area (Å²) in [4.78, 5) is 18.1. The number of fused-ring (bicyclic) bond motifs is 1. The maximum absolute atomic E-state index is 13.5. The molecule has 43 heavy (non-hydrogen) atoms. The van der Waals surface area contributed by atoms with Gasteiger partial charge >= 0.3 is 6.18 Å². The fourth-order valence-electron chi connectivity index (χ4n) is 4.49. The molecule has 0 fully saturated rings. The molecule has 0 radical (unpaired) electrons. The number of para-hydroxylation sites is 1. The number of rotatable bonds is 9. The van der Waals surface area contributed by atoms with E-state index in [9.17, 15) is 18.0 Å². The standard InChI is InChI=1S/C33H25BrF3N3O3/c1-3-7-23-16-22(17-29(42-2)30(23)43-20-21-12-14-26(34)15-13-21)19-38-40-31(24-8-6-9-25(18-24)33(35,36)37)39-28-11-5-4-10-27(28)32(40)41/h3-6,8-19H,1,7,20H2,2H3. The van der Waals surface area contributed by atoms with Crippen LogP contribution in [-0.4, -0.2) is 23.0 Å². The Balaban J connectivity index is 1.58. The first-order valence-electron chi connectivity index (χ1n) is 13.1. The van der Waals surface area contributed by atoms with Crippen LogP contribution in [0.4, 0.5) is 13.2 Å². The maximum Gasteiger partial charge on any atom is 0.416 e. The molecule has 10 heteroatoms. The van der Waals surface area contributed by atoms with Gasteiger partial charge in [-0.15, -0.1) is 6.58 Å². The number of alkyl halides is 3. The summed E-state index contributed by atoms with van der Waals surface area (Å²) in [7, 11) is 1.52. The van der Waals surface area contributed by atoms with E-state index in [1.165, 1.54) is 25.5 Å². The molecule has 0 atom stereocenters. The maximum atomic E-state index is 13.5. The second-order valence-electron chi connectivity index (χ2n) is 9.51. The summed E-state index contributed by atoms with van der Waals surface area (Å²) in [6.45, 7) is 4.15. The van der Waals surface area contributed by atoms with Crippen LogP contribution >= 0.6 is 15.9 Å². The van der Waals surface area contributed by atoms with Gasteiger partial charge in [0.05, 0.1) is 29.8 Å². The van der Waals surface area contributed by atoms with Gasteiger partial charge in [-0.2, -0.15) is 22.9 Å². The van der Waals surface area contributed by atoms with E-state index in [1.807, 2.05) is 30.3 Å². The van der Waals surface area contributed by atoms with E-state index in [-0.39, 0.29) is 16.8 Å². The number of halogens is 4. The summed E-state index contributed by atoms with van der Waals surface area (Å²) in [6, 6.07) is 22.5. The lowest BCUT2D eigenvalue weighted by Crippen LogP contribution is -2.20. The van der Waals surface area contributed by atoms with Gasteiger partial charge in [-0.1, -0.05) is 58.4 Å². The van der Waals surface area contributed by atoms with Crippen LogP contribution in [0.1, 0.15) is 22.3 Å². The Morgan fingerprint density at radius 2 is 1.79 bits per heavy atom. The number of hydrogen-bond donors (Lipinski definition) is 0. The molecule has 1 heterocycles. The minimum absolute atomic E-state index is 0.0289. The van der Waals surface area contributed by atoms with Gasteiger partial charge in [0.1, 0.15) is 6.61 Å². The molecule has 5 aromatic rings. The lowest BCUT2D eigenvalue weighted by molar-refractivity contribution is -0.137. The summed E-state index contributed by atoms with van der Waals surface area (Å²) in [5, 5.41) is 4.69. The second-order valence-corrected chi connectivity index (χ2v) is 10.4. The zero-order chi connectivity index (χ0) is 30.6. The Labute approximate surface area is 253 Å². The van der Waals surface area contributed by atoms with Crippen LogP contribution in [0.25, 0.3) is 22.3 Å². The summed E-state index contributed by atoms with van der Waals surface area (Å²) in [6.07, 6.45) is -0.949. The van der Waals surface area contributed by atoms with Crippen molar-refractivity contribution in [1.29, 1.82) is 0 Å². The molecule has 0 N–H and O–H groups in total. The van der Waals surface area contributed by atoms with Crippen LogP contribution in [0.15, 0.2) is 112 Å². The van der Waals surface area contributed by atoms with Crippen LogP contribution in [0, 0.1) is 0 Å². The molecule has 0 saturated heterocycles. The van der Waals surface area contributed by atoms with E-state index in [2.05, 4.69) is 32.6 Å². The van der Waals surface area contributed by atoms with Gasteiger partial charge in [0.2, 0.25) is 0 Å². The molecule has 4 aromatic carbocycles. The number of allylic oxidation sites excluding steroid dienone is 1. The van der Waals surface area contributed by atoms with Crippen molar-refractivity contribution in [2.24, 2.45) is 5.10 Å². The summed E-state index contributed by atoms with van der Waals surface area (Å²) in [5.41, 5.74) is 1.35. The molecule has 0 bridgehead atoms. The van der Waals surface area contributed by atoms with Gasteiger partial charge in [0.25, 0.3) is 5.56 Å². The third-order valence-electron chi connectivity index (χ3n) is 6.56. The molecule has 1 aromatic heterocycles. The molecule has 6 nitrogen and oxygen atoms in total. The molecule has 218 valence electrons. The van der Waals surface area contributed by atoms with Crippen molar-refractivity contribution >= 4 is 33.0 Å². The van der Waals surface area contributed by atoms with Crippen molar-refractivity contribution in [1.82, 2.24) is 9.66 Å². The SMILES string of the molecule is C=CCc1cc(C=Nn2c(-c3cccc(C(F)(F)F)c3)nc3ccccc3c2=O)cc(OC)c1OCc1ccc(Br)cc1. The molecule has 0 aliphatic rings. The highest BCUT2D eigenvalue weighted by Gasteiger charge is 2.31. The number of methoxy groups -OCH3 is 1. The highest BCUT2D eigenvalue weighted by atomic mass is 79.9. The number of nitrogens with zero attached hydrogens (tertiary/aromatic N) is 3. The molecule has 0 amide bonds. The van der Waals surface area contributed by atoms with Crippen molar-refractivity contribution in [3.63, 3.8) is 0 Å². The van der Waals surface area contributed by atoms with Crippen LogP contribution in [0.5, 0.6) is 11.5 Å². The fourth-order valence-corrected chi connectivity index (χ4v) is 4.76. The van der Waals surface area contributed by atoms with Gasteiger partial charge in [-0.25, -0.2) is 4.98 Å². The average Bonchev–Trinajstić information content (AvgIpc) is 3.00. The minimum atomic E-state index is -4.57. The molecule has 0 aliphatic carbocycles. The Hall–Kier alpha value is -4.70. The first kappa shape index (κ1) is 29.8. The van der Waals surface area contributed by atoms with E-state index in [0.717, 1.165) is 32.4 Å². The normalized spacial score (nSPS) is 11.7. The Kier molecular flexibility index (Phi) is 8.77. The first-order valence-corrected chi connectivity index (χ1v) is 13.9. The third-order valence-corrected chi connectivity index (χ3v) is 7.09.